The summed E-state index contributed by atoms with van der Waals surface area (Å²) in [6, 6.07) is 20.2. The monoisotopic (exact) mass is 508 g/mol. The minimum Gasteiger partial charge on any atom is -0.506 e. The molecule has 0 bridgehead atoms. The van der Waals surface area contributed by atoms with Crippen LogP contribution in [-0.4, -0.2) is 19.8 Å². The fourth-order valence-electron chi connectivity index (χ4n) is 4.72. The predicted molar refractivity (Wildman–Crippen MR) is 141 cm³/mol. The van der Waals surface area contributed by atoms with Gasteiger partial charge in [0.1, 0.15) is 5.75 Å². The van der Waals surface area contributed by atoms with Gasteiger partial charge in [0.2, 0.25) is 0 Å². The first-order valence-corrected chi connectivity index (χ1v) is 12.0. The van der Waals surface area contributed by atoms with Crippen molar-refractivity contribution in [1.29, 1.82) is 0 Å². The van der Waals surface area contributed by atoms with Gasteiger partial charge >= 0.3 is 0 Å². The van der Waals surface area contributed by atoms with Crippen LogP contribution in [0.3, 0.4) is 0 Å². The zero-order valence-corrected chi connectivity index (χ0v) is 20.9. The number of phenolic OH excluding ortho intramolecular Hbond substituents is 1. The van der Waals surface area contributed by atoms with E-state index in [2.05, 4.69) is 34.8 Å². The third-order valence-corrected chi connectivity index (χ3v) is 6.94. The Balaban J connectivity index is 1.71. The minimum atomic E-state index is -0.272. The molecule has 3 heterocycles. The number of benzene rings is 2. The van der Waals surface area contributed by atoms with Crippen LogP contribution in [0.2, 0.25) is 10.0 Å². The van der Waals surface area contributed by atoms with Crippen molar-refractivity contribution in [2.75, 3.05) is 4.90 Å². The van der Waals surface area contributed by atoms with Crippen molar-refractivity contribution in [1.82, 2.24) is 14.9 Å². The van der Waals surface area contributed by atoms with E-state index >= 15 is 0 Å². The van der Waals surface area contributed by atoms with Crippen molar-refractivity contribution in [3.8, 4) is 11.4 Å². The molecule has 4 aromatic rings. The van der Waals surface area contributed by atoms with E-state index in [1.807, 2.05) is 47.4 Å². The third kappa shape index (κ3) is 3.92. The summed E-state index contributed by atoms with van der Waals surface area (Å²) in [6.45, 7) is 4.14. The molecule has 2 aromatic carbocycles. The lowest BCUT2D eigenvalue weighted by atomic mass is 9.96. The highest BCUT2D eigenvalue weighted by Gasteiger charge is 2.43. The van der Waals surface area contributed by atoms with Crippen LogP contribution in [0.4, 0.5) is 5.69 Å². The van der Waals surface area contributed by atoms with Gasteiger partial charge in [-0.1, -0.05) is 35.3 Å². The smallest absolute Gasteiger partial charge is 0.174 e. The van der Waals surface area contributed by atoms with E-state index in [4.69, 9.17) is 35.4 Å². The van der Waals surface area contributed by atoms with Gasteiger partial charge in [0.15, 0.2) is 5.11 Å². The molecular formula is C26H22Cl2N4OS. The Bertz CT molecular complexity index is 1390. The van der Waals surface area contributed by atoms with Crippen LogP contribution in [0.1, 0.15) is 34.7 Å². The normalized spacial score (nSPS) is 17.8. The molecule has 5 nitrogen and oxygen atoms in total. The molecule has 34 heavy (non-hydrogen) atoms. The fraction of sp³-hybridized carbons (Fsp3) is 0.154. The van der Waals surface area contributed by atoms with E-state index in [0.717, 1.165) is 28.3 Å². The second-order valence-electron chi connectivity index (χ2n) is 8.27. The van der Waals surface area contributed by atoms with E-state index in [0.29, 0.717) is 20.8 Å². The number of hydrogen-bond acceptors (Lipinski definition) is 3. The summed E-state index contributed by atoms with van der Waals surface area (Å²) in [6.07, 6.45) is 1.77. The van der Waals surface area contributed by atoms with Crippen LogP contribution in [0.25, 0.3) is 5.69 Å². The van der Waals surface area contributed by atoms with Crippen LogP contribution >= 0.6 is 35.4 Å². The van der Waals surface area contributed by atoms with Gasteiger partial charge in [-0.2, -0.15) is 0 Å². The minimum absolute atomic E-state index is 0.101. The summed E-state index contributed by atoms with van der Waals surface area (Å²) in [4.78, 5) is 6.54. The number of phenols is 1. The first-order valence-electron chi connectivity index (χ1n) is 10.8. The third-order valence-electron chi connectivity index (χ3n) is 6.15. The Kier molecular flexibility index (Phi) is 5.98. The first-order chi connectivity index (χ1) is 16.3. The van der Waals surface area contributed by atoms with Crippen molar-refractivity contribution in [2.45, 2.75) is 25.9 Å². The maximum absolute atomic E-state index is 10.7. The molecule has 5 rings (SSSR count). The number of hydrogen-bond donors (Lipinski definition) is 2. The molecule has 0 aliphatic carbocycles. The van der Waals surface area contributed by atoms with Gasteiger partial charge in [0.05, 0.1) is 23.5 Å². The van der Waals surface area contributed by atoms with Crippen LogP contribution in [0.15, 0.2) is 72.9 Å². The molecule has 1 fully saturated rings. The van der Waals surface area contributed by atoms with Crippen molar-refractivity contribution >= 4 is 46.2 Å². The second kappa shape index (κ2) is 8.95. The van der Waals surface area contributed by atoms with Gasteiger partial charge in [-0.15, -0.1) is 0 Å². The number of aromatic hydroxyl groups is 1. The molecule has 0 radical (unpaired) electrons. The SMILES string of the molecule is Cc1cc([C@H]2[C@@H](c3ccccn3)NC(=S)N2c2cc(Cl)ccc2O)c(C)n1-c1cccc(Cl)c1. The highest BCUT2D eigenvalue weighted by Crippen LogP contribution is 2.46. The number of rotatable bonds is 4. The van der Waals surface area contributed by atoms with Crippen LogP contribution in [0, 0.1) is 13.8 Å². The first kappa shape index (κ1) is 22.7. The van der Waals surface area contributed by atoms with E-state index in [-0.39, 0.29) is 17.8 Å². The molecule has 1 saturated heterocycles. The Morgan fingerprint density at radius 1 is 0.971 bits per heavy atom. The number of anilines is 1. The van der Waals surface area contributed by atoms with E-state index in [1.165, 1.54) is 0 Å². The van der Waals surface area contributed by atoms with Gasteiger partial charge in [0.25, 0.3) is 0 Å². The Morgan fingerprint density at radius 3 is 2.50 bits per heavy atom. The number of thiocarbonyl (C=S) groups is 1. The molecule has 8 heteroatoms. The number of nitrogens with one attached hydrogen (secondary N) is 1. The van der Waals surface area contributed by atoms with Crippen molar-refractivity contribution in [3.05, 3.63) is 106 Å². The standard InChI is InChI=1S/C26H22Cl2N4OS/c1-15-12-20(16(2)31(15)19-7-5-6-17(27)13-19)25-24(21-8-3-4-11-29-21)30-26(34)32(25)22-14-18(28)9-10-23(22)33/h3-14,24-25,33H,1-2H3,(H,30,34)/t24-,25+/m1/s1. The highest BCUT2D eigenvalue weighted by molar-refractivity contribution is 7.80. The Morgan fingerprint density at radius 2 is 1.76 bits per heavy atom. The summed E-state index contributed by atoms with van der Waals surface area (Å²) >= 11 is 18.4. The molecule has 0 spiro atoms. The summed E-state index contributed by atoms with van der Waals surface area (Å²) < 4.78 is 2.17. The summed E-state index contributed by atoms with van der Waals surface area (Å²) in [7, 11) is 0. The Labute approximate surface area is 213 Å². The second-order valence-corrected chi connectivity index (χ2v) is 9.53. The van der Waals surface area contributed by atoms with E-state index < -0.39 is 0 Å². The maximum Gasteiger partial charge on any atom is 0.174 e. The maximum atomic E-state index is 10.7. The highest BCUT2D eigenvalue weighted by atomic mass is 35.5. The lowest BCUT2D eigenvalue weighted by Gasteiger charge is -2.28. The Hall–Kier alpha value is -3.06. The van der Waals surface area contributed by atoms with Gasteiger partial charge < -0.3 is 19.9 Å². The molecule has 0 unspecified atom stereocenters. The van der Waals surface area contributed by atoms with Gasteiger partial charge in [-0.3, -0.25) is 4.98 Å². The van der Waals surface area contributed by atoms with Gasteiger partial charge in [0, 0.05) is 33.3 Å². The topological polar surface area (TPSA) is 53.3 Å². The number of aromatic nitrogens is 2. The molecule has 0 saturated carbocycles. The number of halogens is 2. The van der Waals surface area contributed by atoms with Crippen molar-refractivity contribution in [2.24, 2.45) is 0 Å². The summed E-state index contributed by atoms with van der Waals surface area (Å²) in [5, 5.41) is 15.9. The van der Waals surface area contributed by atoms with Crippen molar-refractivity contribution < 1.29 is 5.11 Å². The number of aryl methyl sites for hydroxylation is 1. The predicted octanol–water partition coefficient (Wildman–Crippen LogP) is 6.68. The van der Waals surface area contributed by atoms with Crippen LogP contribution in [-0.2, 0) is 0 Å². The molecule has 2 N–H and O–H groups in total. The molecular weight excluding hydrogens is 487 g/mol. The average molecular weight is 509 g/mol. The molecule has 2 atom stereocenters. The quantitative estimate of drug-likeness (QED) is 0.301. The average Bonchev–Trinajstić information content (AvgIpc) is 3.31. The molecule has 172 valence electrons. The zero-order valence-electron chi connectivity index (χ0n) is 18.5. The molecule has 0 amide bonds. The van der Waals surface area contributed by atoms with Crippen LogP contribution in [0.5, 0.6) is 5.75 Å². The molecule has 2 aromatic heterocycles. The lowest BCUT2D eigenvalue weighted by Crippen LogP contribution is -2.29. The lowest BCUT2D eigenvalue weighted by molar-refractivity contribution is 0.472. The summed E-state index contributed by atoms with van der Waals surface area (Å²) in [5.41, 5.74) is 5.53. The molecule has 1 aliphatic rings. The van der Waals surface area contributed by atoms with Gasteiger partial charge in [-0.25, -0.2) is 0 Å². The zero-order chi connectivity index (χ0) is 24.0. The fourth-order valence-corrected chi connectivity index (χ4v) is 5.41. The van der Waals surface area contributed by atoms with E-state index in [9.17, 15) is 5.11 Å². The van der Waals surface area contributed by atoms with Crippen LogP contribution < -0.4 is 10.2 Å². The van der Waals surface area contributed by atoms with Gasteiger partial charge in [-0.05, 0) is 86.2 Å². The molecule has 1 aliphatic heterocycles. The van der Waals surface area contributed by atoms with E-state index in [1.54, 1.807) is 24.4 Å². The number of nitrogens with zero attached hydrogens (tertiary/aromatic N) is 3. The number of pyridine rings is 1. The largest absolute Gasteiger partial charge is 0.506 e. The van der Waals surface area contributed by atoms with Crippen molar-refractivity contribution in [3.63, 3.8) is 0 Å². The summed E-state index contributed by atoms with van der Waals surface area (Å²) in [5.74, 6) is 0.101.